The van der Waals surface area contributed by atoms with Gasteiger partial charge in [-0.15, -0.1) is 16.8 Å². The van der Waals surface area contributed by atoms with E-state index in [0.29, 0.717) is 6.54 Å². The Balaban J connectivity index is 2.26. The quantitative estimate of drug-likeness (QED) is 0.461. The Bertz CT molecular complexity index is 581. The topological polar surface area (TPSA) is 60.2 Å². The van der Waals surface area contributed by atoms with E-state index in [0.717, 1.165) is 34.5 Å². The molecule has 0 saturated heterocycles. The van der Waals surface area contributed by atoms with Gasteiger partial charge in [-0.2, -0.15) is 0 Å². The maximum absolute atomic E-state index is 8.87. The van der Waals surface area contributed by atoms with Crippen LogP contribution in [0.5, 0.6) is 5.75 Å². The molecule has 0 aliphatic heterocycles. The van der Waals surface area contributed by atoms with Crippen molar-refractivity contribution in [3.63, 3.8) is 0 Å². The van der Waals surface area contributed by atoms with Crippen LogP contribution < -0.4 is 4.74 Å². The van der Waals surface area contributed by atoms with E-state index in [1.807, 2.05) is 34.9 Å². The van der Waals surface area contributed by atoms with Crippen LogP contribution in [0.3, 0.4) is 0 Å². The molecule has 1 N–H and O–H groups in total. The minimum absolute atomic E-state index is 0.188. The van der Waals surface area contributed by atoms with E-state index < -0.39 is 0 Å². The second-order valence-electron chi connectivity index (χ2n) is 4.36. The van der Waals surface area contributed by atoms with Crippen molar-refractivity contribution < 1.29 is 9.84 Å². The van der Waals surface area contributed by atoms with Gasteiger partial charge in [0.15, 0.2) is 11.0 Å². The Morgan fingerprint density at radius 3 is 2.71 bits per heavy atom. The van der Waals surface area contributed by atoms with Crippen molar-refractivity contribution in [2.24, 2.45) is 0 Å². The van der Waals surface area contributed by atoms with Crippen molar-refractivity contribution in [1.29, 1.82) is 0 Å². The molecule has 5 nitrogen and oxygen atoms in total. The summed E-state index contributed by atoms with van der Waals surface area (Å²) in [5.74, 6) is 2.43. The number of aromatic nitrogens is 3. The average molecular weight is 305 g/mol. The van der Waals surface area contributed by atoms with Crippen molar-refractivity contribution in [1.82, 2.24) is 14.8 Å². The SMILES string of the molecule is C=CCn1c(SCCCO)nnc1-c1ccc(OC)cc1. The molecule has 21 heavy (non-hydrogen) atoms. The third-order valence-corrected chi connectivity index (χ3v) is 3.96. The minimum atomic E-state index is 0.188. The number of hydrogen-bond acceptors (Lipinski definition) is 5. The van der Waals surface area contributed by atoms with Crippen molar-refractivity contribution >= 4 is 11.8 Å². The van der Waals surface area contributed by atoms with Gasteiger partial charge in [-0.1, -0.05) is 17.8 Å². The van der Waals surface area contributed by atoms with Crippen LogP contribution >= 0.6 is 11.8 Å². The lowest BCUT2D eigenvalue weighted by Crippen LogP contribution is -2.01. The van der Waals surface area contributed by atoms with E-state index in [-0.39, 0.29) is 6.61 Å². The first-order valence-corrected chi connectivity index (χ1v) is 7.71. The third-order valence-electron chi connectivity index (χ3n) is 2.91. The van der Waals surface area contributed by atoms with Crippen LogP contribution in [0.15, 0.2) is 42.1 Å². The normalized spacial score (nSPS) is 10.6. The maximum atomic E-state index is 8.87. The molecule has 0 saturated carbocycles. The summed E-state index contributed by atoms with van der Waals surface area (Å²) in [6.07, 6.45) is 2.57. The third kappa shape index (κ3) is 3.86. The summed E-state index contributed by atoms with van der Waals surface area (Å²) in [5, 5.41) is 18.2. The molecule has 2 aromatic rings. The number of aliphatic hydroxyl groups is 1. The fraction of sp³-hybridized carbons (Fsp3) is 0.333. The lowest BCUT2D eigenvalue weighted by Gasteiger charge is -2.08. The predicted octanol–water partition coefficient (Wildman–Crippen LogP) is 2.61. The zero-order valence-electron chi connectivity index (χ0n) is 12.0. The predicted molar refractivity (Wildman–Crippen MR) is 84.6 cm³/mol. The number of allylic oxidation sites excluding steroid dienone is 1. The Morgan fingerprint density at radius 1 is 1.33 bits per heavy atom. The van der Waals surface area contributed by atoms with E-state index in [4.69, 9.17) is 9.84 Å². The molecule has 0 aliphatic carbocycles. The Morgan fingerprint density at radius 2 is 2.10 bits per heavy atom. The summed E-state index contributed by atoms with van der Waals surface area (Å²) in [5.41, 5.74) is 0.985. The van der Waals surface area contributed by atoms with Gasteiger partial charge in [-0.25, -0.2) is 0 Å². The molecule has 0 atom stereocenters. The first-order chi connectivity index (χ1) is 10.3. The van der Waals surface area contributed by atoms with Crippen LogP contribution in [0.25, 0.3) is 11.4 Å². The molecular weight excluding hydrogens is 286 g/mol. The van der Waals surface area contributed by atoms with Crippen LogP contribution in [-0.2, 0) is 6.54 Å². The minimum Gasteiger partial charge on any atom is -0.497 e. The van der Waals surface area contributed by atoms with Gasteiger partial charge in [0.2, 0.25) is 0 Å². The fourth-order valence-corrected chi connectivity index (χ4v) is 2.74. The first-order valence-electron chi connectivity index (χ1n) is 6.72. The molecule has 0 bridgehead atoms. The Labute approximate surface area is 128 Å². The fourth-order valence-electron chi connectivity index (χ4n) is 1.87. The number of thioether (sulfide) groups is 1. The summed E-state index contributed by atoms with van der Waals surface area (Å²) < 4.78 is 7.19. The zero-order chi connectivity index (χ0) is 15.1. The van der Waals surface area contributed by atoms with E-state index in [2.05, 4.69) is 16.8 Å². The molecule has 0 fully saturated rings. The molecule has 0 unspecified atom stereocenters. The summed E-state index contributed by atoms with van der Waals surface area (Å²) in [6.45, 7) is 4.63. The highest BCUT2D eigenvalue weighted by atomic mass is 32.2. The van der Waals surface area contributed by atoms with Crippen molar-refractivity contribution in [2.75, 3.05) is 19.5 Å². The van der Waals surface area contributed by atoms with Crippen LogP contribution in [0.1, 0.15) is 6.42 Å². The number of ether oxygens (including phenoxy) is 1. The van der Waals surface area contributed by atoms with Gasteiger partial charge in [-0.3, -0.25) is 4.57 Å². The van der Waals surface area contributed by atoms with E-state index >= 15 is 0 Å². The number of aliphatic hydroxyl groups excluding tert-OH is 1. The monoisotopic (exact) mass is 305 g/mol. The van der Waals surface area contributed by atoms with Gasteiger partial charge >= 0.3 is 0 Å². The maximum Gasteiger partial charge on any atom is 0.191 e. The van der Waals surface area contributed by atoms with Crippen LogP contribution in [0.4, 0.5) is 0 Å². The van der Waals surface area contributed by atoms with E-state index in [1.165, 1.54) is 0 Å². The molecule has 0 spiro atoms. The van der Waals surface area contributed by atoms with Gasteiger partial charge in [0.25, 0.3) is 0 Å². The molecule has 6 heteroatoms. The highest BCUT2D eigenvalue weighted by Gasteiger charge is 2.13. The molecule has 1 heterocycles. The van der Waals surface area contributed by atoms with E-state index in [9.17, 15) is 0 Å². The number of nitrogens with zero attached hydrogens (tertiary/aromatic N) is 3. The van der Waals surface area contributed by atoms with Gasteiger partial charge in [-0.05, 0) is 30.7 Å². The summed E-state index contributed by atoms with van der Waals surface area (Å²) >= 11 is 1.59. The molecular formula is C15H19N3O2S. The molecule has 1 aromatic heterocycles. The lowest BCUT2D eigenvalue weighted by molar-refractivity contribution is 0.296. The first kappa shape index (κ1) is 15.6. The summed E-state index contributed by atoms with van der Waals surface area (Å²) in [6, 6.07) is 7.73. The molecule has 112 valence electrons. The van der Waals surface area contributed by atoms with E-state index in [1.54, 1.807) is 18.9 Å². The molecule has 0 aliphatic rings. The molecule has 0 amide bonds. The van der Waals surface area contributed by atoms with Crippen molar-refractivity contribution in [2.45, 2.75) is 18.1 Å². The van der Waals surface area contributed by atoms with Gasteiger partial charge < -0.3 is 9.84 Å². The van der Waals surface area contributed by atoms with Crippen LogP contribution in [0.2, 0.25) is 0 Å². The Hall–Kier alpha value is -1.79. The molecule has 1 aromatic carbocycles. The summed E-state index contributed by atoms with van der Waals surface area (Å²) in [4.78, 5) is 0. The molecule has 0 radical (unpaired) electrons. The van der Waals surface area contributed by atoms with Crippen LogP contribution in [0, 0.1) is 0 Å². The zero-order valence-corrected chi connectivity index (χ0v) is 12.8. The van der Waals surface area contributed by atoms with Crippen LogP contribution in [-0.4, -0.2) is 39.3 Å². The van der Waals surface area contributed by atoms with Crippen molar-refractivity contribution in [3.8, 4) is 17.1 Å². The highest BCUT2D eigenvalue weighted by Crippen LogP contribution is 2.25. The standard InChI is InChI=1S/C15H19N3O2S/c1-3-9-18-14(12-5-7-13(20-2)8-6-12)16-17-15(18)21-11-4-10-19/h3,5-8,19H,1,4,9-11H2,2H3. The smallest absolute Gasteiger partial charge is 0.191 e. The number of rotatable bonds is 8. The Kier molecular flexibility index (Phi) is 5.83. The van der Waals surface area contributed by atoms with Gasteiger partial charge in [0, 0.05) is 24.5 Å². The number of methoxy groups -OCH3 is 1. The number of benzene rings is 1. The molecule has 2 rings (SSSR count). The second-order valence-corrected chi connectivity index (χ2v) is 5.42. The lowest BCUT2D eigenvalue weighted by atomic mass is 10.2. The van der Waals surface area contributed by atoms with Gasteiger partial charge in [0.05, 0.1) is 7.11 Å². The number of hydrogen-bond donors (Lipinski definition) is 1. The highest BCUT2D eigenvalue weighted by molar-refractivity contribution is 7.99. The second kappa shape index (κ2) is 7.85. The van der Waals surface area contributed by atoms with Gasteiger partial charge in [0.1, 0.15) is 5.75 Å². The summed E-state index contributed by atoms with van der Waals surface area (Å²) in [7, 11) is 1.64. The van der Waals surface area contributed by atoms with Crippen molar-refractivity contribution in [3.05, 3.63) is 36.9 Å². The largest absolute Gasteiger partial charge is 0.497 e. The average Bonchev–Trinajstić information content (AvgIpc) is 2.91.